The average molecular weight is 336 g/mol. The van der Waals surface area contributed by atoms with Gasteiger partial charge in [0.25, 0.3) is 0 Å². The van der Waals surface area contributed by atoms with Crippen molar-refractivity contribution in [1.82, 2.24) is 9.88 Å². The van der Waals surface area contributed by atoms with Crippen LogP contribution in [0.2, 0.25) is 0 Å². The van der Waals surface area contributed by atoms with Crippen molar-refractivity contribution in [2.24, 2.45) is 0 Å². The normalized spacial score (nSPS) is 15.4. The minimum absolute atomic E-state index is 0.0637. The van der Waals surface area contributed by atoms with Crippen LogP contribution in [-0.2, 0) is 9.53 Å². The molecule has 0 saturated carbocycles. The van der Waals surface area contributed by atoms with Gasteiger partial charge >= 0.3 is 5.97 Å². The van der Waals surface area contributed by atoms with E-state index in [1.807, 2.05) is 0 Å². The zero-order chi connectivity index (χ0) is 17.9. The highest BCUT2D eigenvalue weighted by Crippen LogP contribution is 2.19. The zero-order valence-corrected chi connectivity index (χ0v) is 14.8. The third-order valence-corrected chi connectivity index (χ3v) is 4.46. The maximum absolute atomic E-state index is 12.8. The SMILES string of the molecule is CCOC(=O)c1c(C)[nH]c(C)c1C(=O)C[NH+]1CCN(C(C)=O)CC1. The maximum atomic E-state index is 12.8. The fourth-order valence-electron chi connectivity index (χ4n) is 3.22. The molecule has 1 aliphatic rings. The van der Waals surface area contributed by atoms with Gasteiger partial charge in [0.2, 0.25) is 11.7 Å². The number of amides is 1. The molecule has 1 saturated heterocycles. The van der Waals surface area contributed by atoms with Gasteiger partial charge in [0.1, 0.15) is 6.54 Å². The second kappa shape index (κ2) is 7.61. The molecule has 0 bridgehead atoms. The first-order valence-corrected chi connectivity index (χ1v) is 8.33. The number of Topliss-reactive ketones (excluding diaryl/α,β-unsaturated/α-hetero) is 1. The third kappa shape index (κ3) is 3.84. The first kappa shape index (κ1) is 18.2. The van der Waals surface area contributed by atoms with Crippen LogP contribution in [0.15, 0.2) is 0 Å². The molecule has 2 rings (SSSR count). The van der Waals surface area contributed by atoms with E-state index in [4.69, 9.17) is 4.74 Å². The molecule has 1 aliphatic heterocycles. The molecule has 0 unspecified atom stereocenters. The highest BCUT2D eigenvalue weighted by molar-refractivity contribution is 6.08. The molecular weight excluding hydrogens is 310 g/mol. The van der Waals surface area contributed by atoms with Crippen LogP contribution in [0, 0.1) is 13.8 Å². The fraction of sp³-hybridized carbons (Fsp3) is 0.588. The van der Waals surface area contributed by atoms with Gasteiger partial charge in [-0.15, -0.1) is 0 Å². The number of aromatic nitrogens is 1. The first-order valence-electron chi connectivity index (χ1n) is 8.33. The Morgan fingerprint density at radius 3 is 2.25 bits per heavy atom. The minimum Gasteiger partial charge on any atom is -0.462 e. The van der Waals surface area contributed by atoms with E-state index in [0.717, 1.165) is 18.0 Å². The summed E-state index contributed by atoms with van der Waals surface area (Å²) < 4.78 is 5.08. The summed E-state index contributed by atoms with van der Waals surface area (Å²) >= 11 is 0. The van der Waals surface area contributed by atoms with Gasteiger partial charge in [0, 0.05) is 18.3 Å². The number of rotatable bonds is 5. The molecule has 1 aromatic rings. The van der Waals surface area contributed by atoms with Gasteiger partial charge in [-0.05, 0) is 20.8 Å². The molecule has 0 aliphatic carbocycles. The van der Waals surface area contributed by atoms with E-state index in [-0.39, 0.29) is 18.3 Å². The Morgan fingerprint density at radius 1 is 1.12 bits per heavy atom. The molecule has 132 valence electrons. The van der Waals surface area contributed by atoms with Crippen LogP contribution >= 0.6 is 0 Å². The van der Waals surface area contributed by atoms with E-state index < -0.39 is 5.97 Å². The van der Waals surface area contributed by atoms with Gasteiger partial charge in [-0.3, -0.25) is 9.59 Å². The molecule has 1 fully saturated rings. The number of hydrogen-bond donors (Lipinski definition) is 2. The van der Waals surface area contributed by atoms with E-state index in [2.05, 4.69) is 4.98 Å². The molecule has 7 heteroatoms. The van der Waals surface area contributed by atoms with Crippen molar-refractivity contribution < 1.29 is 24.0 Å². The number of esters is 1. The second-order valence-corrected chi connectivity index (χ2v) is 6.20. The van der Waals surface area contributed by atoms with Crippen LogP contribution in [-0.4, -0.2) is 66.9 Å². The lowest BCUT2D eigenvalue weighted by Crippen LogP contribution is -3.15. The first-order chi connectivity index (χ1) is 11.3. The fourth-order valence-corrected chi connectivity index (χ4v) is 3.22. The largest absolute Gasteiger partial charge is 0.462 e. The highest BCUT2D eigenvalue weighted by Gasteiger charge is 2.29. The van der Waals surface area contributed by atoms with Crippen molar-refractivity contribution in [3.05, 3.63) is 22.5 Å². The number of carbonyl (C=O) groups excluding carboxylic acids is 3. The number of carbonyl (C=O) groups is 3. The Labute approximate surface area is 141 Å². The van der Waals surface area contributed by atoms with Gasteiger partial charge in [0.15, 0.2) is 0 Å². The summed E-state index contributed by atoms with van der Waals surface area (Å²) in [5, 5.41) is 0. The van der Waals surface area contributed by atoms with Crippen LogP contribution in [0.4, 0.5) is 0 Å². The van der Waals surface area contributed by atoms with Crippen molar-refractivity contribution in [3.63, 3.8) is 0 Å². The molecule has 1 aromatic heterocycles. The molecule has 0 atom stereocenters. The number of H-pyrrole nitrogens is 1. The topological polar surface area (TPSA) is 83.9 Å². The summed E-state index contributed by atoms with van der Waals surface area (Å²) in [6.07, 6.45) is 0. The van der Waals surface area contributed by atoms with E-state index in [9.17, 15) is 14.4 Å². The van der Waals surface area contributed by atoms with Crippen LogP contribution < -0.4 is 4.90 Å². The third-order valence-electron chi connectivity index (χ3n) is 4.46. The molecule has 0 aromatic carbocycles. The Hall–Kier alpha value is -2.15. The van der Waals surface area contributed by atoms with Crippen LogP contribution in [0.5, 0.6) is 0 Å². The van der Waals surface area contributed by atoms with Gasteiger partial charge in [0.05, 0.1) is 43.9 Å². The molecule has 24 heavy (non-hydrogen) atoms. The van der Waals surface area contributed by atoms with Crippen molar-refractivity contribution in [1.29, 1.82) is 0 Å². The number of piperazine rings is 1. The number of ether oxygens (including phenoxy) is 1. The lowest BCUT2D eigenvalue weighted by molar-refractivity contribution is -0.895. The van der Waals surface area contributed by atoms with Crippen LogP contribution in [0.3, 0.4) is 0 Å². The quantitative estimate of drug-likeness (QED) is 0.573. The Bertz CT molecular complexity index is 643. The number of nitrogens with one attached hydrogen (secondary N) is 2. The van der Waals surface area contributed by atoms with Gasteiger partial charge in [-0.1, -0.05) is 0 Å². The van der Waals surface area contributed by atoms with Crippen LogP contribution in [0.1, 0.15) is 46.0 Å². The van der Waals surface area contributed by atoms with Crippen molar-refractivity contribution in [2.45, 2.75) is 27.7 Å². The number of ketones is 1. The summed E-state index contributed by atoms with van der Waals surface area (Å²) in [7, 11) is 0. The molecule has 2 heterocycles. The van der Waals surface area contributed by atoms with Crippen molar-refractivity contribution >= 4 is 17.7 Å². The zero-order valence-electron chi connectivity index (χ0n) is 14.8. The summed E-state index contributed by atoms with van der Waals surface area (Å²) in [6.45, 7) is 10.3. The van der Waals surface area contributed by atoms with Crippen molar-refractivity contribution in [2.75, 3.05) is 39.3 Å². The lowest BCUT2D eigenvalue weighted by atomic mass is 10.0. The smallest absolute Gasteiger partial charge is 0.340 e. The Balaban J connectivity index is 2.10. The van der Waals surface area contributed by atoms with Crippen molar-refractivity contribution in [3.8, 4) is 0 Å². The standard InChI is InChI=1S/C17H25N3O4/c1-5-24-17(23)16-12(3)18-11(2)15(16)14(22)10-19-6-8-20(9-7-19)13(4)21/h18H,5-10H2,1-4H3/p+1. The summed E-state index contributed by atoms with van der Waals surface area (Å²) in [6, 6.07) is 0. The molecule has 0 spiro atoms. The lowest BCUT2D eigenvalue weighted by Gasteiger charge is -2.31. The number of hydrogen-bond acceptors (Lipinski definition) is 4. The Kier molecular flexibility index (Phi) is 5.77. The number of quaternary nitrogens is 1. The Morgan fingerprint density at radius 2 is 1.71 bits per heavy atom. The monoisotopic (exact) mass is 336 g/mol. The number of aromatic amines is 1. The van der Waals surface area contributed by atoms with Gasteiger partial charge in [-0.25, -0.2) is 4.79 Å². The number of nitrogens with zero attached hydrogens (tertiary/aromatic N) is 1. The average Bonchev–Trinajstić information content (AvgIpc) is 2.82. The number of aryl methyl sites for hydroxylation is 2. The second-order valence-electron chi connectivity index (χ2n) is 6.20. The minimum atomic E-state index is -0.459. The molecule has 0 radical (unpaired) electrons. The van der Waals surface area contributed by atoms with Gasteiger partial charge in [-0.2, -0.15) is 0 Å². The maximum Gasteiger partial charge on any atom is 0.340 e. The van der Waals surface area contributed by atoms with E-state index in [0.29, 0.717) is 42.1 Å². The molecule has 1 amide bonds. The van der Waals surface area contributed by atoms with Gasteiger partial charge < -0.3 is 19.5 Å². The van der Waals surface area contributed by atoms with E-state index >= 15 is 0 Å². The summed E-state index contributed by atoms with van der Waals surface area (Å²) in [5.74, 6) is -0.452. The van der Waals surface area contributed by atoms with E-state index in [1.165, 1.54) is 0 Å². The summed E-state index contributed by atoms with van der Waals surface area (Å²) in [5.41, 5.74) is 2.14. The highest BCUT2D eigenvalue weighted by atomic mass is 16.5. The van der Waals surface area contributed by atoms with E-state index in [1.54, 1.807) is 32.6 Å². The molecule has 7 nitrogen and oxygen atoms in total. The van der Waals surface area contributed by atoms with Crippen LogP contribution in [0.25, 0.3) is 0 Å². The summed E-state index contributed by atoms with van der Waals surface area (Å²) in [4.78, 5) is 42.3. The predicted octanol–water partition coefficient (Wildman–Crippen LogP) is -0.262. The molecular formula is C17H26N3O4+. The predicted molar refractivity (Wildman–Crippen MR) is 88.4 cm³/mol. The molecule has 2 N–H and O–H groups in total.